The number of fused-ring (bicyclic) bond motifs is 1. The van der Waals surface area contributed by atoms with Gasteiger partial charge in [0, 0.05) is 31.7 Å². The number of hydrogen-bond acceptors (Lipinski definition) is 11. The second kappa shape index (κ2) is 14.7. The maximum atomic E-state index is 13.5. The van der Waals surface area contributed by atoms with E-state index >= 15 is 0 Å². The lowest BCUT2D eigenvalue weighted by Gasteiger charge is -2.42. The third-order valence-corrected chi connectivity index (χ3v) is 9.37. The number of carbonyl (C=O) groups is 2. The van der Waals surface area contributed by atoms with E-state index in [0.717, 1.165) is 6.42 Å². The standard InChI is InChI=1S/C31H48BN7O6/c1-7-26-31(6)27(21(4)33-17-19(2)16-30(5,43)25(32)15-24(40)20(3)28(41)44-26)39(29(42)45-31)14-9-8-13-38-18-23(36-37-38)22-11-10-12-34-35-22/h10-12,18-21,25-28,33,41,43H,7-9,13-17H2,1-6H3/t19-,20-,21-,25-,26-,27-,28?,30+,31-/m1/s1. The summed E-state index contributed by atoms with van der Waals surface area (Å²) in [6.45, 7) is 12.6. The number of aryl methyl sites for hydroxylation is 1. The third-order valence-electron chi connectivity index (χ3n) is 9.37. The van der Waals surface area contributed by atoms with Gasteiger partial charge in [-0.05, 0) is 76.9 Å². The number of nitrogens with one attached hydrogen (secondary N) is 1. The van der Waals surface area contributed by atoms with Crippen molar-refractivity contribution in [1.29, 1.82) is 0 Å². The zero-order chi connectivity index (χ0) is 32.9. The SMILES string of the molecule is [B][C@@H]1CC(=O)[C@@H](C)C(O)O[C@H](CC)[C@@]2(C)OC(=O)N(CCCCn3cc(-c4cccnn4)nn3)[C@@H]2[C@@H](C)NC[C@H](C)C[C@]1(C)O. The molecule has 9 atom stereocenters. The molecule has 2 radical (unpaired) electrons. The maximum Gasteiger partial charge on any atom is 0.410 e. The molecule has 3 N–H and O–H groups in total. The Morgan fingerprint density at radius 2 is 1.87 bits per heavy atom. The molecule has 2 saturated heterocycles. The maximum absolute atomic E-state index is 13.5. The minimum absolute atomic E-state index is 0.0159. The molecule has 4 rings (SSSR count). The molecule has 14 heteroatoms. The van der Waals surface area contributed by atoms with Gasteiger partial charge in [0.15, 0.2) is 11.9 Å². The number of ketones is 1. The number of ether oxygens (including phenoxy) is 2. The molecule has 2 aromatic heterocycles. The number of aliphatic hydroxyl groups is 2. The van der Waals surface area contributed by atoms with Crippen LogP contribution in [-0.2, 0) is 20.8 Å². The van der Waals surface area contributed by atoms with Crippen LogP contribution in [0, 0.1) is 11.8 Å². The molecule has 4 heterocycles. The summed E-state index contributed by atoms with van der Waals surface area (Å²) < 4.78 is 14.0. The first-order valence-electron chi connectivity index (χ1n) is 16.0. The van der Waals surface area contributed by atoms with E-state index in [4.69, 9.17) is 17.3 Å². The van der Waals surface area contributed by atoms with Gasteiger partial charge in [0.1, 0.15) is 23.3 Å². The van der Waals surface area contributed by atoms with E-state index in [-0.39, 0.29) is 24.2 Å². The van der Waals surface area contributed by atoms with E-state index in [9.17, 15) is 19.8 Å². The highest BCUT2D eigenvalue weighted by Crippen LogP contribution is 2.39. The Morgan fingerprint density at radius 3 is 2.56 bits per heavy atom. The predicted octanol–water partition coefficient (Wildman–Crippen LogP) is 2.53. The summed E-state index contributed by atoms with van der Waals surface area (Å²) in [5.74, 6) is -1.97. The van der Waals surface area contributed by atoms with E-state index in [2.05, 4.69) is 25.8 Å². The number of hydrogen-bond donors (Lipinski definition) is 3. The molecule has 13 nitrogen and oxygen atoms in total. The molecule has 246 valence electrons. The number of aliphatic hydroxyl groups excluding tert-OH is 1. The average Bonchev–Trinajstić information content (AvgIpc) is 3.57. The van der Waals surface area contributed by atoms with Gasteiger partial charge in [-0.2, -0.15) is 5.10 Å². The smallest absolute Gasteiger partial charge is 0.410 e. The van der Waals surface area contributed by atoms with Crippen LogP contribution in [0.1, 0.15) is 73.6 Å². The first kappa shape index (κ1) is 34.9. The van der Waals surface area contributed by atoms with Crippen molar-refractivity contribution in [2.75, 3.05) is 13.1 Å². The molecule has 2 aliphatic rings. The zero-order valence-corrected chi connectivity index (χ0v) is 27.3. The molecule has 1 amide bonds. The Labute approximate surface area is 266 Å². The molecule has 2 aliphatic heterocycles. The monoisotopic (exact) mass is 625 g/mol. The number of rotatable bonds is 7. The number of Topliss-reactive ketones (excluding diaryl/α,β-unsaturated/α-hetero) is 1. The molecule has 0 spiro atoms. The van der Waals surface area contributed by atoms with Crippen molar-refractivity contribution in [2.45, 2.75) is 122 Å². The third kappa shape index (κ3) is 8.08. The summed E-state index contributed by atoms with van der Waals surface area (Å²) in [5, 5.41) is 42.1. The van der Waals surface area contributed by atoms with Crippen LogP contribution in [0.25, 0.3) is 11.4 Å². The fourth-order valence-corrected chi connectivity index (χ4v) is 6.63. The molecule has 1 unspecified atom stereocenters. The molecular formula is C31H48BN7O6. The van der Waals surface area contributed by atoms with Crippen LogP contribution in [0.5, 0.6) is 0 Å². The van der Waals surface area contributed by atoms with E-state index in [1.54, 1.807) is 35.7 Å². The minimum atomic E-state index is -1.44. The number of amides is 1. The van der Waals surface area contributed by atoms with Gasteiger partial charge in [0.2, 0.25) is 0 Å². The Kier molecular flexibility index (Phi) is 11.4. The molecule has 0 aromatic carbocycles. The number of aromatic nitrogens is 5. The second-order valence-electron chi connectivity index (χ2n) is 13.2. The van der Waals surface area contributed by atoms with Gasteiger partial charge in [0.25, 0.3) is 0 Å². The summed E-state index contributed by atoms with van der Waals surface area (Å²) in [4.78, 5) is 28.3. The fourth-order valence-electron chi connectivity index (χ4n) is 6.63. The van der Waals surface area contributed by atoms with Crippen LogP contribution in [0.2, 0.25) is 5.82 Å². The highest BCUT2D eigenvalue weighted by molar-refractivity contribution is 6.14. The summed E-state index contributed by atoms with van der Waals surface area (Å²) in [7, 11) is 6.29. The largest absolute Gasteiger partial charge is 0.438 e. The summed E-state index contributed by atoms with van der Waals surface area (Å²) in [6, 6.07) is 2.94. The Morgan fingerprint density at radius 1 is 1.13 bits per heavy atom. The topological polar surface area (TPSA) is 165 Å². The number of unbranched alkanes of at least 4 members (excludes halogenated alkanes) is 1. The molecule has 0 bridgehead atoms. The van der Waals surface area contributed by atoms with Gasteiger partial charge in [-0.1, -0.05) is 26.0 Å². The van der Waals surface area contributed by atoms with E-state index in [1.807, 2.05) is 40.0 Å². The highest BCUT2D eigenvalue weighted by atomic mass is 16.6. The van der Waals surface area contributed by atoms with Gasteiger partial charge in [-0.3, -0.25) is 14.4 Å². The van der Waals surface area contributed by atoms with Crippen LogP contribution in [0.15, 0.2) is 24.5 Å². The van der Waals surface area contributed by atoms with Gasteiger partial charge in [-0.15, -0.1) is 10.2 Å². The fraction of sp³-hybridized carbons (Fsp3) is 0.742. The van der Waals surface area contributed by atoms with E-state index in [0.29, 0.717) is 50.3 Å². The van der Waals surface area contributed by atoms with Crippen molar-refractivity contribution < 1.29 is 29.3 Å². The van der Waals surface area contributed by atoms with Crippen molar-refractivity contribution in [1.82, 2.24) is 35.4 Å². The lowest BCUT2D eigenvalue weighted by Crippen LogP contribution is -2.61. The van der Waals surface area contributed by atoms with Crippen molar-refractivity contribution in [3.8, 4) is 11.4 Å². The molecule has 45 heavy (non-hydrogen) atoms. The van der Waals surface area contributed by atoms with Gasteiger partial charge in [0.05, 0.1) is 31.6 Å². The Balaban J connectivity index is 1.51. The molecule has 2 fully saturated rings. The van der Waals surface area contributed by atoms with Crippen molar-refractivity contribution in [3.05, 3.63) is 24.5 Å². The molecule has 0 saturated carbocycles. The van der Waals surface area contributed by atoms with Crippen LogP contribution in [-0.4, -0.2) is 109 Å². The normalized spacial score (nSPS) is 35.4. The lowest BCUT2D eigenvalue weighted by atomic mass is 9.67. The van der Waals surface area contributed by atoms with Crippen LogP contribution in [0.3, 0.4) is 0 Å². The number of nitrogens with zero attached hydrogens (tertiary/aromatic N) is 6. The van der Waals surface area contributed by atoms with Gasteiger partial charge >= 0.3 is 6.09 Å². The second-order valence-corrected chi connectivity index (χ2v) is 13.2. The number of carbonyl (C=O) groups excluding carboxylic acids is 2. The quantitative estimate of drug-likeness (QED) is 0.306. The zero-order valence-electron chi connectivity index (χ0n) is 27.3. The molecule has 0 aliphatic carbocycles. The first-order chi connectivity index (χ1) is 21.3. The van der Waals surface area contributed by atoms with Crippen molar-refractivity contribution in [3.63, 3.8) is 0 Å². The van der Waals surface area contributed by atoms with Crippen LogP contribution in [0.4, 0.5) is 4.79 Å². The summed E-state index contributed by atoms with van der Waals surface area (Å²) in [6.07, 6.45) is 2.96. The summed E-state index contributed by atoms with van der Waals surface area (Å²) in [5.41, 5.74) is -1.13. The van der Waals surface area contributed by atoms with Crippen molar-refractivity contribution >= 4 is 19.7 Å². The molecule has 2 aromatic rings. The Hall–Kier alpha value is -2.94. The van der Waals surface area contributed by atoms with Crippen LogP contribution < -0.4 is 5.32 Å². The van der Waals surface area contributed by atoms with E-state index < -0.39 is 47.5 Å². The Bertz CT molecular complexity index is 1280. The van der Waals surface area contributed by atoms with Crippen molar-refractivity contribution in [2.24, 2.45) is 11.8 Å². The first-order valence-corrected chi connectivity index (χ1v) is 16.0. The minimum Gasteiger partial charge on any atom is -0.438 e. The molecular weight excluding hydrogens is 577 g/mol. The van der Waals surface area contributed by atoms with E-state index in [1.165, 1.54) is 0 Å². The average molecular weight is 626 g/mol. The predicted molar refractivity (Wildman–Crippen MR) is 167 cm³/mol. The van der Waals surface area contributed by atoms with Gasteiger partial charge < -0.3 is 25.0 Å². The van der Waals surface area contributed by atoms with Gasteiger partial charge in [-0.25, -0.2) is 4.79 Å². The highest BCUT2D eigenvalue weighted by Gasteiger charge is 2.57. The summed E-state index contributed by atoms with van der Waals surface area (Å²) >= 11 is 0. The van der Waals surface area contributed by atoms with Crippen LogP contribution >= 0.6 is 0 Å². The lowest BCUT2D eigenvalue weighted by molar-refractivity contribution is -0.209.